The maximum absolute atomic E-state index is 13.8. The lowest BCUT2D eigenvalue weighted by molar-refractivity contribution is -0.157. The highest BCUT2D eigenvalue weighted by atomic mass is 16.6. The Labute approximate surface area is 237 Å². The zero-order valence-electron chi connectivity index (χ0n) is 24.1. The Morgan fingerprint density at radius 2 is 1.30 bits per heavy atom. The van der Waals surface area contributed by atoms with E-state index in [1.54, 1.807) is 4.90 Å². The summed E-state index contributed by atoms with van der Waals surface area (Å²) in [7, 11) is 1.33. The van der Waals surface area contributed by atoms with Crippen molar-refractivity contribution in [2.24, 2.45) is 0 Å². The number of nitrogens with zero attached hydrogens (tertiary/aromatic N) is 2. The Bertz CT molecular complexity index is 1190. The molecule has 0 aliphatic carbocycles. The van der Waals surface area contributed by atoms with Crippen molar-refractivity contribution in [3.63, 3.8) is 0 Å². The molecule has 0 unspecified atom stereocenters. The summed E-state index contributed by atoms with van der Waals surface area (Å²) in [6.07, 6.45) is -1.32. The van der Waals surface area contributed by atoms with Gasteiger partial charge in [0.2, 0.25) is 6.10 Å². The molecule has 0 spiro atoms. The first-order valence-electron chi connectivity index (χ1n) is 13.7. The van der Waals surface area contributed by atoms with Gasteiger partial charge in [0, 0.05) is 13.1 Å². The minimum atomic E-state index is -1.18. The highest BCUT2D eigenvalue weighted by molar-refractivity contribution is 5.80. The molecule has 212 valence electrons. The molecule has 0 bridgehead atoms. The minimum absolute atomic E-state index is 0.361. The number of carbonyl (C=O) groups excluding carboxylic acids is 2. The van der Waals surface area contributed by atoms with Crippen molar-refractivity contribution in [2.75, 3.05) is 13.7 Å². The van der Waals surface area contributed by atoms with Crippen LogP contribution in [0.2, 0.25) is 0 Å². The number of hydrogen-bond donors (Lipinski definition) is 0. The van der Waals surface area contributed by atoms with Crippen molar-refractivity contribution in [1.29, 1.82) is 0 Å². The summed E-state index contributed by atoms with van der Waals surface area (Å²) in [6, 6.07) is 29.6. The molecule has 0 aromatic heterocycles. The van der Waals surface area contributed by atoms with E-state index in [1.807, 2.05) is 94.4 Å². The number of carbonyl (C=O) groups is 2. The van der Waals surface area contributed by atoms with Crippen molar-refractivity contribution in [3.8, 4) is 0 Å². The number of hydrogen-bond acceptors (Lipinski definition) is 6. The number of ether oxygens (including phenoxy) is 3. The summed E-state index contributed by atoms with van der Waals surface area (Å²) in [6.45, 7) is 8.95. The average molecular weight is 545 g/mol. The molecule has 1 amide bonds. The van der Waals surface area contributed by atoms with Crippen LogP contribution in [-0.4, -0.2) is 59.0 Å². The van der Waals surface area contributed by atoms with Crippen LogP contribution in [0.15, 0.2) is 91.0 Å². The molecule has 3 aromatic carbocycles. The zero-order chi connectivity index (χ0) is 28.8. The Morgan fingerprint density at radius 3 is 1.73 bits per heavy atom. The molecule has 1 fully saturated rings. The monoisotopic (exact) mass is 544 g/mol. The van der Waals surface area contributed by atoms with Gasteiger partial charge in [-0.25, -0.2) is 9.59 Å². The van der Waals surface area contributed by atoms with Crippen LogP contribution < -0.4 is 0 Å². The molecule has 0 N–H and O–H groups in total. The quantitative estimate of drug-likeness (QED) is 0.300. The van der Waals surface area contributed by atoms with Crippen molar-refractivity contribution in [1.82, 2.24) is 9.80 Å². The number of amides is 1. The molecular weight excluding hydrogens is 504 g/mol. The van der Waals surface area contributed by atoms with E-state index in [1.165, 1.54) is 7.11 Å². The first kappa shape index (κ1) is 29.3. The molecule has 0 saturated carbocycles. The van der Waals surface area contributed by atoms with E-state index in [0.29, 0.717) is 26.1 Å². The second-order valence-corrected chi connectivity index (χ2v) is 11.3. The van der Waals surface area contributed by atoms with Crippen LogP contribution in [0.3, 0.4) is 0 Å². The Morgan fingerprint density at radius 1 is 0.825 bits per heavy atom. The fourth-order valence-electron chi connectivity index (χ4n) is 5.45. The van der Waals surface area contributed by atoms with Gasteiger partial charge in [0.25, 0.3) is 0 Å². The van der Waals surface area contributed by atoms with Gasteiger partial charge < -0.3 is 14.2 Å². The number of benzene rings is 3. The van der Waals surface area contributed by atoms with Crippen LogP contribution >= 0.6 is 0 Å². The summed E-state index contributed by atoms with van der Waals surface area (Å²) in [5.41, 5.74) is 1.70. The van der Waals surface area contributed by atoms with Crippen molar-refractivity contribution in [3.05, 3.63) is 108 Å². The summed E-state index contributed by atoms with van der Waals surface area (Å²) < 4.78 is 17.3. The van der Waals surface area contributed by atoms with Crippen LogP contribution in [0.5, 0.6) is 0 Å². The second-order valence-electron chi connectivity index (χ2n) is 11.3. The first-order valence-corrected chi connectivity index (χ1v) is 13.7. The highest BCUT2D eigenvalue weighted by Crippen LogP contribution is 2.36. The summed E-state index contributed by atoms with van der Waals surface area (Å²) in [4.78, 5) is 31.0. The number of methoxy groups -OCH3 is 1. The van der Waals surface area contributed by atoms with E-state index in [-0.39, 0.29) is 0 Å². The molecule has 7 nitrogen and oxygen atoms in total. The molecule has 40 heavy (non-hydrogen) atoms. The molecule has 4 rings (SSSR count). The fraction of sp³-hybridized carbons (Fsp3) is 0.394. The SMILES string of the molecule is COC(=O)[C@@H](OC(=O)N1C(C)(C)COC1(C)C)[C@H](Cc1ccccc1)N(Cc1ccccc1)Cc1ccccc1. The molecule has 3 aromatic rings. The van der Waals surface area contributed by atoms with E-state index in [9.17, 15) is 9.59 Å². The standard InChI is InChI=1S/C33H40N2O5/c1-32(2)24-39-33(3,4)35(32)31(37)40-29(30(36)38-5)28(21-25-15-9-6-10-16-25)34(22-26-17-11-7-12-18-26)23-27-19-13-8-14-20-27/h6-20,28-29H,21-24H2,1-5H3/t28-,29-/m0/s1. The molecule has 1 saturated heterocycles. The normalized spacial score (nSPS) is 17.3. The van der Waals surface area contributed by atoms with Gasteiger partial charge in [0.05, 0.1) is 25.3 Å². The van der Waals surface area contributed by atoms with Gasteiger partial charge in [-0.2, -0.15) is 0 Å². The van der Waals surface area contributed by atoms with Gasteiger partial charge in [-0.3, -0.25) is 9.80 Å². The molecule has 2 atom stereocenters. The van der Waals surface area contributed by atoms with Gasteiger partial charge in [0.15, 0.2) is 0 Å². The first-order chi connectivity index (χ1) is 19.1. The van der Waals surface area contributed by atoms with Gasteiger partial charge in [-0.1, -0.05) is 91.0 Å². The number of esters is 1. The van der Waals surface area contributed by atoms with Crippen LogP contribution in [0.4, 0.5) is 4.79 Å². The van der Waals surface area contributed by atoms with E-state index in [2.05, 4.69) is 29.2 Å². The Balaban J connectivity index is 1.75. The predicted molar refractivity (Wildman–Crippen MR) is 154 cm³/mol. The van der Waals surface area contributed by atoms with Crippen molar-refractivity contribution < 1.29 is 23.8 Å². The summed E-state index contributed by atoms with van der Waals surface area (Å²) in [5.74, 6) is -0.601. The maximum Gasteiger partial charge on any atom is 0.413 e. The topological polar surface area (TPSA) is 68.3 Å². The summed E-state index contributed by atoms with van der Waals surface area (Å²) in [5, 5.41) is 0. The van der Waals surface area contributed by atoms with Gasteiger partial charge >= 0.3 is 12.1 Å². The summed E-state index contributed by atoms with van der Waals surface area (Å²) >= 11 is 0. The molecule has 1 aliphatic heterocycles. The van der Waals surface area contributed by atoms with Crippen LogP contribution in [0, 0.1) is 0 Å². The van der Waals surface area contributed by atoms with Crippen molar-refractivity contribution in [2.45, 2.75) is 70.6 Å². The lowest BCUT2D eigenvalue weighted by atomic mass is 9.97. The van der Waals surface area contributed by atoms with E-state index in [4.69, 9.17) is 14.2 Å². The van der Waals surface area contributed by atoms with E-state index < -0.39 is 35.5 Å². The van der Waals surface area contributed by atoms with Gasteiger partial charge in [-0.05, 0) is 50.8 Å². The molecule has 0 radical (unpaired) electrons. The van der Waals surface area contributed by atoms with Gasteiger partial charge in [-0.15, -0.1) is 0 Å². The largest absolute Gasteiger partial charge is 0.466 e. The number of rotatable bonds is 10. The predicted octanol–water partition coefficient (Wildman–Crippen LogP) is 5.83. The van der Waals surface area contributed by atoms with Gasteiger partial charge in [0.1, 0.15) is 5.72 Å². The van der Waals surface area contributed by atoms with E-state index >= 15 is 0 Å². The zero-order valence-corrected chi connectivity index (χ0v) is 24.1. The lowest BCUT2D eigenvalue weighted by Gasteiger charge is -2.40. The van der Waals surface area contributed by atoms with E-state index in [0.717, 1.165) is 16.7 Å². The Kier molecular flexibility index (Phi) is 9.28. The smallest absolute Gasteiger partial charge is 0.413 e. The van der Waals surface area contributed by atoms with Crippen LogP contribution in [0.25, 0.3) is 0 Å². The van der Waals surface area contributed by atoms with Crippen LogP contribution in [-0.2, 0) is 38.5 Å². The highest BCUT2D eigenvalue weighted by Gasteiger charge is 2.51. The molecule has 1 aliphatic rings. The minimum Gasteiger partial charge on any atom is -0.466 e. The lowest BCUT2D eigenvalue weighted by Crippen LogP contribution is -2.57. The molecule has 1 heterocycles. The second kappa shape index (κ2) is 12.7. The fourth-order valence-corrected chi connectivity index (χ4v) is 5.45. The molecule has 7 heteroatoms. The third kappa shape index (κ3) is 7.09. The third-order valence-electron chi connectivity index (χ3n) is 7.33. The Hall–Kier alpha value is -3.68. The van der Waals surface area contributed by atoms with Crippen LogP contribution in [0.1, 0.15) is 44.4 Å². The molecular formula is C33H40N2O5. The maximum atomic E-state index is 13.8. The van der Waals surface area contributed by atoms with Crippen molar-refractivity contribution >= 4 is 12.1 Å². The third-order valence-corrected chi connectivity index (χ3v) is 7.33. The average Bonchev–Trinajstić information content (AvgIpc) is 3.18.